The van der Waals surface area contributed by atoms with Crippen molar-refractivity contribution in [1.29, 1.82) is 0 Å². The summed E-state index contributed by atoms with van der Waals surface area (Å²) in [5, 5.41) is 14.8. The Bertz CT molecular complexity index is 756. The van der Waals surface area contributed by atoms with Crippen LogP contribution in [-0.4, -0.2) is 37.2 Å². The quantitative estimate of drug-likeness (QED) is 0.744. The fourth-order valence-corrected chi connectivity index (χ4v) is 2.17. The maximum atomic E-state index is 13.0. The molecule has 1 aliphatic heterocycles. The van der Waals surface area contributed by atoms with Crippen LogP contribution in [0, 0.1) is 5.82 Å². The minimum atomic E-state index is -0.913. The van der Waals surface area contributed by atoms with Gasteiger partial charge in [0, 0.05) is 18.3 Å². The van der Waals surface area contributed by atoms with Crippen molar-refractivity contribution in [2.75, 3.05) is 25.3 Å². The predicted octanol–water partition coefficient (Wildman–Crippen LogP) is 2.12. The van der Waals surface area contributed by atoms with Gasteiger partial charge in [-0.1, -0.05) is 6.07 Å². The Morgan fingerprint density at radius 3 is 2.92 bits per heavy atom. The highest BCUT2D eigenvalue weighted by Crippen LogP contribution is 2.35. The second-order valence-electron chi connectivity index (χ2n) is 5.33. The van der Waals surface area contributed by atoms with Gasteiger partial charge in [-0.05, 0) is 30.3 Å². The van der Waals surface area contributed by atoms with Crippen molar-refractivity contribution in [3.8, 4) is 17.2 Å². The third-order valence-electron chi connectivity index (χ3n) is 3.37. The number of urea groups is 1. The molecule has 0 saturated heterocycles. The molecule has 132 valence electrons. The molecule has 2 amide bonds. The number of anilines is 1. The van der Waals surface area contributed by atoms with Gasteiger partial charge in [0.2, 0.25) is 6.79 Å². The molecule has 7 nitrogen and oxygen atoms in total. The lowest BCUT2D eigenvalue weighted by Gasteiger charge is -2.14. The summed E-state index contributed by atoms with van der Waals surface area (Å²) in [4.78, 5) is 11.7. The van der Waals surface area contributed by atoms with E-state index in [1.807, 2.05) is 0 Å². The molecule has 0 spiro atoms. The molecule has 0 aliphatic carbocycles. The standard InChI is InChI=1S/C17H17FN2O5/c18-11-2-1-3-12(6-11)20-17(22)19-8-13(21)9-23-14-4-5-15-16(7-14)25-10-24-15/h1-7,13,21H,8-10H2,(H2,19,20,22). The van der Waals surface area contributed by atoms with Gasteiger partial charge in [0.25, 0.3) is 0 Å². The lowest BCUT2D eigenvalue weighted by molar-refractivity contribution is 0.108. The number of aliphatic hydroxyl groups excluding tert-OH is 1. The summed E-state index contributed by atoms with van der Waals surface area (Å²) in [5.41, 5.74) is 0.323. The van der Waals surface area contributed by atoms with Crippen molar-refractivity contribution in [3.63, 3.8) is 0 Å². The van der Waals surface area contributed by atoms with Crippen molar-refractivity contribution >= 4 is 11.7 Å². The van der Waals surface area contributed by atoms with Gasteiger partial charge in [0.15, 0.2) is 11.5 Å². The summed E-state index contributed by atoms with van der Waals surface area (Å²) < 4.78 is 28.9. The molecule has 0 bridgehead atoms. The van der Waals surface area contributed by atoms with Crippen molar-refractivity contribution < 1.29 is 28.5 Å². The highest BCUT2D eigenvalue weighted by atomic mass is 19.1. The fourth-order valence-electron chi connectivity index (χ4n) is 2.17. The van der Waals surface area contributed by atoms with E-state index in [4.69, 9.17) is 14.2 Å². The molecule has 8 heteroatoms. The Balaban J connectivity index is 1.40. The molecule has 0 fully saturated rings. The molecule has 1 unspecified atom stereocenters. The van der Waals surface area contributed by atoms with Crippen LogP contribution >= 0.6 is 0 Å². The number of rotatable bonds is 6. The molecule has 3 rings (SSSR count). The van der Waals surface area contributed by atoms with Gasteiger partial charge in [-0.15, -0.1) is 0 Å². The van der Waals surface area contributed by atoms with Crippen LogP contribution in [0.3, 0.4) is 0 Å². The van der Waals surface area contributed by atoms with Crippen LogP contribution < -0.4 is 24.8 Å². The molecule has 2 aromatic rings. The first-order chi connectivity index (χ1) is 12.1. The first kappa shape index (κ1) is 16.8. The Morgan fingerprint density at radius 2 is 2.08 bits per heavy atom. The van der Waals surface area contributed by atoms with E-state index in [9.17, 15) is 14.3 Å². The maximum absolute atomic E-state index is 13.0. The number of nitrogens with one attached hydrogen (secondary N) is 2. The first-order valence-electron chi connectivity index (χ1n) is 7.61. The zero-order chi connectivity index (χ0) is 17.6. The average molecular weight is 348 g/mol. The molecule has 2 aromatic carbocycles. The highest BCUT2D eigenvalue weighted by Gasteiger charge is 2.14. The largest absolute Gasteiger partial charge is 0.491 e. The minimum absolute atomic E-state index is 0.0140. The van der Waals surface area contributed by atoms with Gasteiger partial charge in [-0.25, -0.2) is 9.18 Å². The van der Waals surface area contributed by atoms with Crippen LogP contribution in [0.5, 0.6) is 17.2 Å². The Morgan fingerprint density at radius 1 is 1.24 bits per heavy atom. The van der Waals surface area contributed by atoms with E-state index in [-0.39, 0.29) is 19.9 Å². The van der Waals surface area contributed by atoms with Crippen molar-refractivity contribution in [2.24, 2.45) is 0 Å². The van der Waals surface area contributed by atoms with Crippen LogP contribution in [-0.2, 0) is 0 Å². The van der Waals surface area contributed by atoms with Crippen LogP contribution in [0.4, 0.5) is 14.9 Å². The monoisotopic (exact) mass is 348 g/mol. The lowest BCUT2D eigenvalue weighted by Crippen LogP contribution is -2.37. The van der Waals surface area contributed by atoms with E-state index in [1.165, 1.54) is 18.2 Å². The molecule has 0 aromatic heterocycles. The Kier molecular flexibility index (Phi) is 5.20. The Hall–Kier alpha value is -3.00. The number of fused-ring (bicyclic) bond motifs is 1. The van der Waals surface area contributed by atoms with Crippen LogP contribution in [0.1, 0.15) is 0 Å². The van der Waals surface area contributed by atoms with Gasteiger partial charge in [-0.3, -0.25) is 0 Å². The van der Waals surface area contributed by atoms with E-state index in [2.05, 4.69) is 10.6 Å². The lowest BCUT2D eigenvalue weighted by atomic mass is 10.3. The van der Waals surface area contributed by atoms with E-state index in [0.29, 0.717) is 22.9 Å². The number of amides is 2. The molecule has 25 heavy (non-hydrogen) atoms. The van der Waals surface area contributed by atoms with Gasteiger partial charge >= 0.3 is 6.03 Å². The summed E-state index contributed by atoms with van der Waals surface area (Å²) in [7, 11) is 0. The molecule has 1 aliphatic rings. The number of carbonyl (C=O) groups is 1. The van der Waals surface area contributed by atoms with Crippen LogP contribution in [0.25, 0.3) is 0 Å². The zero-order valence-electron chi connectivity index (χ0n) is 13.2. The SMILES string of the molecule is O=C(NCC(O)COc1ccc2c(c1)OCO2)Nc1cccc(F)c1. The average Bonchev–Trinajstić information content (AvgIpc) is 3.06. The maximum Gasteiger partial charge on any atom is 0.319 e. The van der Waals surface area contributed by atoms with E-state index >= 15 is 0 Å². The molecular weight excluding hydrogens is 331 g/mol. The van der Waals surface area contributed by atoms with Crippen LogP contribution in [0.2, 0.25) is 0 Å². The van der Waals surface area contributed by atoms with E-state index in [1.54, 1.807) is 24.3 Å². The smallest absolute Gasteiger partial charge is 0.319 e. The third-order valence-corrected chi connectivity index (χ3v) is 3.37. The molecule has 1 atom stereocenters. The second-order valence-corrected chi connectivity index (χ2v) is 5.33. The second kappa shape index (κ2) is 7.71. The third kappa shape index (κ3) is 4.74. The number of carbonyl (C=O) groups excluding carboxylic acids is 1. The molecule has 0 saturated carbocycles. The number of aliphatic hydroxyl groups is 1. The summed E-state index contributed by atoms with van der Waals surface area (Å²) >= 11 is 0. The number of halogens is 1. The van der Waals surface area contributed by atoms with E-state index < -0.39 is 18.0 Å². The molecular formula is C17H17FN2O5. The topological polar surface area (TPSA) is 89.1 Å². The van der Waals surface area contributed by atoms with Crippen molar-refractivity contribution in [2.45, 2.75) is 6.10 Å². The first-order valence-corrected chi connectivity index (χ1v) is 7.61. The normalized spacial score (nSPS) is 13.2. The molecule has 0 radical (unpaired) electrons. The number of ether oxygens (including phenoxy) is 3. The summed E-state index contributed by atoms with van der Waals surface area (Å²) in [6.45, 7) is 0.136. The summed E-state index contributed by atoms with van der Waals surface area (Å²) in [6, 6.07) is 10.0. The predicted molar refractivity (Wildman–Crippen MR) is 87.5 cm³/mol. The summed E-state index contributed by atoms with van der Waals surface area (Å²) in [5.74, 6) is 1.30. The number of hydrogen-bond acceptors (Lipinski definition) is 5. The van der Waals surface area contributed by atoms with Gasteiger partial charge < -0.3 is 30.0 Å². The van der Waals surface area contributed by atoms with Crippen LogP contribution in [0.15, 0.2) is 42.5 Å². The van der Waals surface area contributed by atoms with E-state index in [0.717, 1.165) is 0 Å². The van der Waals surface area contributed by atoms with Crippen molar-refractivity contribution in [3.05, 3.63) is 48.3 Å². The Labute approximate surface area is 143 Å². The van der Waals surface area contributed by atoms with Gasteiger partial charge in [-0.2, -0.15) is 0 Å². The fraction of sp³-hybridized carbons (Fsp3) is 0.235. The minimum Gasteiger partial charge on any atom is -0.491 e. The molecule has 1 heterocycles. The zero-order valence-corrected chi connectivity index (χ0v) is 13.2. The number of benzene rings is 2. The van der Waals surface area contributed by atoms with Gasteiger partial charge in [0.1, 0.15) is 24.3 Å². The van der Waals surface area contributed by atoms with Gasteiger partial charge in [0.05, 0.1) is 0 Å². The highest BCUT2D eigenvalue weighted by molar-refractivity contribution is 5.89. The molecule has 3 N–H and O–H groups in total. The summed E-state index contributed by atoms with van der Waals surface area (Å²) in [6.07, 6.45) is -0.913. The van der Waals surface area contributed by atoms with Crippen molar-refractivity contribution in [1.82, 2.24) is 5.32 Å². The number of hydrogen-bond donors (Lipinski definition) is 3.